The quantitative estimate of drug-likeness (QED) is 0.683. The van der Waals surface area contributed by atoms with Crippen LogP contribution in [0.2, 0.25) is 0 Å². The molecule has 0 saturated carbocycles. The molecule has 1 aromatic carbocycles. The molecule has 6 nitrogen and oxygen atoms in total. The van der Waals surface area contributed by atoms with Crippen LogP contribution in [0.1, 0.15) is 11.3 Å². The molecule has 7 heteroatoms. The molecular weight excluding hydrogens is 307 g/mol. The fourth-order valence-electron chi connectivity index (χ4n) is 2.09. The number of nitrogens with zero attached hydrogens (tertiary/aromatic N) is 4. The third-order valence-electron chi connectivity index (χ3n) is 3.31. The lowest BCUT2D eigenvalue weighted by Crippen LogP contribution is -2.19. The lowest BCUT2D eigenvalue weighted by atomic mass is 10.2. The molecule has 120 valence electrons. The van der Waals surface area contributed by atoms with Crippen molar-refractivity contribution in [3.63, 3.8) is 0 Å². The van der Waals surface area contributed by atoms with E-state index in [-0.39, 0.29) is 18.1 Å². The van der Waals surface area contributed by atoms with Crippen molar-refractivity contribution in [1.82, 2.24) is 25.1 Å². The van der Waals surface area contributed by atoms with Crippen molar-refractivity contribution in [2.24, 2.45) is 0 Å². The summed E-state index contributed by atoms with van der Waals surface area (Å²) >= 11 is 0. The molecule has 0 aliphatic rings. The summed E-state index contributed by atoms with van der Waals surface area (Å²) in [6.07, 6.45) is 6.10. The highest BCUT2D eigenvalue weighted by molar-refractivity contribution is 6.07. The Hall–Kier alpha value is -3.35. The lowest BCUT2D eigenvalue weighted by molar-refractivity contribution is 0.602. The molecule has 2 aromatic heterocycles. The number of allylic oxidation sites excluding steroid dienone is 1. The van der Waals surface area contributed by atoms with E-state index in [1.54, 1.807) is 42.6 Å². The zero-order chi connectivity index (χ0) is 16.8. The van der Waals surface area contributed by atoms with Crippen LogP contribution in [0.3, 0.4) is 0 Å². The van der Waals surface area contributed by atoms with Gasteiger partial charge in [-0.05, 0) is 18.2 Å². The molecule has 0 fully saturated rings. The number of halogens is 1. The predicted molar refractivity (Wildman–Crippen MR) is 88.6 cm³/mol. The van der Waals surface area contributed by atoms with Gasteiger partial charge in [0.1, 0.15) is 24.3 Å². The first-order chi connectivity index (χ1) is 11.7. The third kappa shape index (κ3) is 3.70. The minimum Gasteiger partial charge on any atom is -0.366 e. The highest BCUT2D eigenvalue weighted by Crippen LogP contribution is 2.08. The Balaban J connectivity index is 1.83. The van der Waals surface area contributed by atoms with Gasteiger partial charge < -0.3 is 5.32 Å². The SMILES string of the molecule is N=C(/C=C(\NCc1ccccc1F)n1cncn1)c1ccccn1. The molecule has 0 atom stereocenters. The van der Waals surface area contributed by atoms with Gasteiger partial charge in [0.05, 0.1) is 11.4 Å². The number of rotatable bonds is 6. The average Bonchev–Trinajstić information content (AvgIpc) is 3.15. The summed E-state index contributed by atoms with van der Waals surface area (Å²) in [6, 6.07) is 11.9. The highest BCUT2D eigenvalue weighted by Gasteiger charge is 2.07. The predicted octanol–water partition coefficient (Wildman–Crippen LogP) is 2.47. The molecule has 0 spiro atoms. The lowest BCUT2D eigenvalue weighted by Gasteiger charge is -2.11. The number of nitrogens with one attached hydrogen (secondary N) is 2. The molecule has 0 bridgehead atoms. The van der Waals surface area contributed by atoms with E-state index in [1.165, 1.54) is 23.4 Å². The van der Waals surface area contributed by atoms with Crippen molar-refractivity contribution in [2.75, 3.05) is 0 Å². The van der Waals surface area contributed by atoms with Crippen LogP contribution in [0.5, 0.6) is 0 Å². The normalized spacial score (nSPS) is 11.3. The minimum absolute atomic E-state index is 0.210. The molecule has 3 rings (SSSR count). The van der Waals surface area contributed by atoms with E-state index in [2.05, 4.69) is 20.4 Å². The Labute approximate surface area is 138 Å². The maximum absolute atomic E-state index is 13.8. The van der Waals surface area contributed by atoms with Gasteiger partial charge in [-0.15, -0.1) is 0 Å². The van der Waals surface area contributed by atoms with Crippen LogP contribution in [0.4, 0.5) is 4.39 Å². The van der Waals surface area contributed by atoms with E-state index in [9.17, 15) is 4.39 Å². The smallest absolute Gasteiger partial charge is 0.138 e. The number of pyridine rings is 1. The molecule has 2 heterocycles. The van der Waals surface area contributed by atoms with Gasteiger partial charge in [0.15, 0.2) is 0 Å². The van der Waals surface area contributed by atoms with Crippen molar-refractivity contribution in [3.8, 4) is 0 Å². The van der Waals surface area contributed by atoms with Crippen LogP contribution in [0.15, 0.2) is 67.4 Å². The van der Waals surface area contributed by atoms with Crippen LogP contribution in [0, 0.1) is 11.2 Å². The van der Waals surface area contributed by atoms with E-state index >= 15 is 0 Å². The summed E-state index contributed by atoms with van der Waals surface area (Å²) in [7, 11) is 0. The zero-order valence-electron chi connectivity index (χ0n) is 12.7. The van der Waals surface area contributed by atoms with Gasteiger partial charge in [-0.3, -0.25) is 10.4 Å². The average molecular weight is 322 g/mol. The van der Waals surface area contributed by atoms with Gasteiger partial charge in [0.2, 0.25) is 0 Å². The second-order valence-electron chi connectivity index (χ2n) is 4.94. The number of benzene rings is 1. The molecule has 0 aliphatic heterocycles. The van der Waals surface area contributed by atoms with Crippen molar-refractivity contribution in [3.05, 3.63) is 84.5 Å². The molecule has 3 aromatic rings. The first-order valence-corrected chi connectivity index (χ1v) is 7.28. The van der Waals surface area contributed by atoms with Gasteiger partial charge >= 0.3 is 0 Å². The number of aromatic nitrogens is 4. The highest BCUT2D eigenvalue weighted by atomic mass is 19.1. The molecule has 2 N–H and O–H groups in total. The van der Waals surface area contributed by atoms with Crippen molar-refractivity contribution < 1.29 is 4.39 Å². The molecule has 24 heavy (non-hydrogen) atoms. The van der Waals surface area contributed by atoms with Gasteiger partial charge in [-0.2, -0.15) is 5.10 Å². The monoisotopic (exact) mass is 322 g/mol. The molecule has 0 radical (unpaired) electrons. The maximum Gasteiger partial charge on any atom is 0.138 e. The summed E-state index contributed by atoms with van der Waals surface area (Å²) in [5.41, 5.74) is 1.26. The van der Waals surface area contributed by atoms with E-state index < -0.39 is 0 Å². The Morgan fingerprint density at radius 1 is 1.21 bits per heavy atom. The summed E-state index contributed by atoms with van der Waals surface area (Å²) < 4.78 is 15.2. The Kier molecular flexibility index (Phi) is 4.71. The van der Waals surface area contributed by atoms with Crippen molar-refractivity contribution in [1.29, 1.82) is 5.41 Å². The second kappa shape index (κ2) is 7.28. The van der Waals surface area contributed by atoms with Crippen LogP contribution in [-0.2, 0) is 6.54 Å². The Bertz CT molecular complexity index is 843. The summed E-state index contributed by atoms with van der Waals surface area (Å²) in [6.45, 7) is 0.258. The van der Waals surface area contributed by atoms with Gasteiger partial charge in [-0.25, -0.2) is 14.1 Å². The van der Waals surface area contributed by atoms with Crippen molar-refractivity contribution >= 4 is 11.5 Å². The summed E-state index contributed by atoms with van der Waals surface area (Å²) in [4.78, 5) is 8.05. The maximum atomic E-state index is 13.8. The van der Waals surface area contributed by atoms with Crippen LogP contribution in [0.25, 0.3) is 5.82 Å². The summed E-state index contributed by atoms with van der Waals surface area (Å²) in [5.74, 6) is 0.217. The molecule has 0 saturated heterocycles. The molecular formula is C17H15FN6. The van der Waals surface area contributed by atoms with Gasteiger partial charge in [0.25, 0.3) is 0 Å². The Morgan fingerprint density at radius 2 is 2.04 bits per heavy atom. The number of hydrogen-bond donors (Lipinski definition) is 2. The molecule has 0 unspecified atom stereocenters. The topological polar surface area (TPSA) is 79.5 Å². The largest absolute Gasteiger partial charge is 0.366 e. The minimum atomic E-state index is -0.289. The van der Waals surface area contributed by atoms with E-state index in [0.717, 1.165) is 0 Å². The third-order valence-corrected chi connectivity index (χ3v) is 3.31. The molecule has 0 amide bonds. The first kappa shape index (κ1) is 15.5. The van der Waals surface area contributed by atoms with Crippen molar-refractivity contribution in [2.45, 2.75) is 6.54 Å². The van der Waals surface area contributed by atoms with Gasteiger partial charge in [0, 0.05) is 24.4 Å². The zero-order valence-corrected chi connectivity index (χ0v) is 12.7. The van der Waals surface area contributed by atoms with Crippen LogP contribution >= 0.6 is 0 Å². The van der Waals surface area contributed by atoms with E-state index in [4.69, 9.17) is 5.41 Å². The first-order valence-electron chi connectivity index (χ1n) is 7.28. The fourth-order valence-corrected chi connectivity index (χ4v) is 2.09. The van der Waals surface area contributed by atoms with Gasteiger partial charge in [-0.1, -0.05) is 24.3 Å². The molecule has 0 aliphatic carbocycles. The van der Waals surface area contributed by atoms with E-state index in [0.29, 0.717) is 17.1 Å². The standard InChI is InChI=1S/C17H15FN6/c18-14-6-2-1-5-13(14)10-22-17(24-12-20-11-23-24)9-15(19)16-7-3-4-8-21-16/h1-9,11-12,19,22H,10H2/b17-9+,19-15?. The Morgan fingerprint density at radius 3 is 2.75 bits per heavy atom. The second-order valence-corrected chi connectivity index (χ2v) is 4.94. The number of hydrogen-bond acceptors (Lipinski definition) is 5. The van der Waals surface area contributed by atoms with E-state index in [1.807, 2.05) is 6.07 Å². The van der Waals surface area contributed by atoms with Crippen LogP contribution in [-0.4, -0.2) is 25.5 Å². The van der Waals surface area contributed by atoms with Crippen LogP contribution < -0.4 is 5.32 Å². The fraction of sp³-hybridized carbons (Fsp3) is 0.0588. The summed E-state index contributed by atoms with van der Waals surface area (Å²) in [5, 5.41) is 15.3.